The first-order chi connectivity index (χ1) is 33.2. The molecule has 67 heavy (non-hydrogen) atoms. The zero-order valence-corrected chi connectivity index (χ0v) is 36.6. The van der Waals surface area contributed by atoms with Gasteiger partial charge in [-0.3, -0.25) is 0 Å². The molecule has 0 aliphatic heterocycles. The van der Waals surface area contributed by atoms with Crippen molar-refractivity contribution in [2.75, 3.05) is 4.90 Å². The van der Waals surface area contributed by atoms with Gasteiger partial charge >= 0.3 is 0 Å². The molecule has 0 spiro atoms. The molecule has 13 aromatic rings. The van der Waals surface area contributed by atoms with Crippen molar-refractivity contribution in [3.8, 4) is 50.2 Å². The van der Waals surface area contributed by atoms with Gasteiger partial charge < -0.3 is 13.9 Å². The largest absolute Gasteiger partial charge is 0.456 e. The predicted molar refractivity (Wildman–Crippen MR) is 282 cm³/mol. The van der Waals surface area contributed by atoms with Gasteiger partial charge in [-0.2, -0.15) is 0 Å². The molecule has 0 saturated carbocycles. The van der Waals surface area contributed by atoms with E-state index in [9.17, 15) is 0 Å². The maximum atomic E-state index is 6.29. The molecule has 11 aromatic carbocycles. The molecule has 0 saturated heterocycles. The van der Waals surface area contributed by atoms with Gasteiger partial charge in [-0.25, -0.2) is 0 Å². The minimum Gasteiger partial charge on any atom is -0.456 e. The Bertz CT molecular complexity index is 3940. The van der Waals surface area contributed by atoms with E-state index in [4.69, 9.17) is 4.42 Å². The highest BCUT2D eigenvalue weighted by Gasteiger charge is 2.19. The van der Waals surface area contributed by atoms with Crippen LogP contribution in [0.4, 0.5) is 17.1 Å². The van der Waals surface area contributed by atoms with Crippen molar-refractivity contribution in [2.24, 2.45) is 0 Å². The maximum absolute atomic E-state index is 6.29. The Morgan fingerprint density at radius 2 is 0.821 bits per heavy atom. The Kier molecular flexibility index (Phi) is 9.17. The third-order valence-electron chi connectivity index (χ3n) is 13.4. The van der Waals surface area contributed by atoms with Gasteiger partial charge in [0.2, 0.25) is 0 Å². The molecule has 2 heterocycles. The summed E-state index contributed by atoms with van der Waals surface area (Å²) >= 11 is 0. The van der Waals surface area contributed by atoms with E-state index in [1.807, 2.05) is 12.1 Å². The molecule has 314 valence electrons. The lowest BCUT2D eigenvalue weighted by Gasteiger charge is -2.27. The Morgan fingerprint density at radius 1 is 0.299 bits per heavy atom. The SMILES string of the molecule is c1ccc(-c2ccc(N(c3ccc(-c4ccc5c(c4)oc4ccccc45)cc3)c3ccc(-c4ccc5c6ccc7ccccc7c6n(-c6ccccc6)c5c4)cc3)cc2-c2ccccc2)cc1. The summed E-state index contributed by atoms with van der Waals surface area (Å²) in [5.74, 6) is 0. The van der Waals surface area contributed by atoms with Crippen LogP contribution in [0.5, 0.6) is 0 Å². The molecule has 3 nitrogen and oxygen atoms in total. The first-order valence-electron chi connectivity index (χ1n) is 22.9. The predicted octanol–water partition coefficient (Wildman–Crippen LogP) is 18.0. The highest BCUT2D eigenvalue weighted by Crippen LogP contribution is 2.43. The van der Waals surface area contributed by atoms with Crippen LogP contribution in [0, 0.1) is 0 Å². The lowest BCUT2D eigenvalue weighted by Crippen LogP contribution is -2.10. The number of anilines is 3. The molecule has 0 amide bonds. The average molecular weight is 855 g/mol. The first kappa shape index (κ1) is 38.5. The fourth-order valence-corrected chi connectivity index (χ4v) is 10.2. The molecule has 0 aliphatic rings. The Morgan fingerprint density at radius 3 is 1.52 bits per heavy atom. The number of hydrogen-bond acceptors (Lipinski definition) is 2. The number of aromatic nitrogens is 1. The van der Waals surface area contributed by atoms with E-state index in [1.54, 1.807) is 0 Å². The standard InChI is InChI=1S/C64H42N2O/c1-4-14-45(15-5-1)54-39-35-53(42-60(54)46-16-6-2-7-17-46)65(52-33-26-44(27-34-52)49-30-37-58-57-22-12-13-23-62(57)67-63(58)41-49)51-31-24-43(25-32-51)48-29-36-56-59-38-28-47-18-10-11-21-55(47)64(59)66(61(56)40-48)50-19-8-3-9-20-50/h1-42H. The van der Waals surface area contributed by atoms with Crippen molar-refractivity contribution >= 4 is 71.6 Å². The van der Waals surface area contributed by atoms with Crippen LogP contribution in [0.1, 0.15) is 0 Å². The number of rotatable bonds is 8. The second-order valence-corrected chi connectivity index (χ2v) is 17.3. The van der Waals surface area contributed by atoms with Crippen LogP contribution >= 0.6 is 0 Å². The molecule has 0 atom stereocenters. The monoisotopic (exact) mass is 854 g/mol. The maximum Gasteiger partial charge on any atom is 0.136 e. The zero-order chi connectivity index (χ0) is 44.3. The number of para-hydroxylation sites is 2. The first-order valence-corrected chi connectivity index (χ1v) is 22.9. The lowest BCUT2D eigenvalue weighted by atomic mass is 9.93. The van der Waals surface area contributed by atoms with Crippen LogP contribution in [0.15, 0.2) is 259 Å². The molecule has 0 unspecified atom stereocenters. The van der Waals surface area contributed by atoms with Gasteiger partial charge in [0.25, 0.3) is 0 Å². The average Bonchev–Trinajstić information content (AvgIpc) is 3.95. The number of nitrogens with zero attached hydrogens (tertiary/aromatic N) is 2. The van der Waals surface area contributed by atoms with Crippen molar-refractivity contribution in [1.29, 1.82) is 0 Å². The van der Waals surface area contributed by atoms with Gasteiger partial charge in [-0.05, 0) is 123 Å². The van der Waals surface area contributed by atoms with E-state index in [2.05, 4.69) is 252 Å². The van der Waals surface area contributed by atoms with Gasteiger partial charge in [0.05, 0.1) is 11.0 Å². The lowest BCUT2D eigenvalue weighted by molar-refractivity contribution is 0.669. The van der Waals surface area contributed by atoms with Crippen molar-refractivity contribution in [3.05, 3.63) is 255 Å². The Hall–Kier alpha value is -8.92. The number of furan rings is 1. The van der Waals surface area contributed by atoms with E-state index >= 15 is 0 Å². The van der Waals surface area contributed by atoms with Crippen molar-refractivity contribution in [2.45, 2.75) is 0 Å². The minimum atomic E-state index is 0.894. The van der Waals surface area contributed by atoms with Gasteiger partial charge in [0, 0.05) is 49.7 Å². The summed E-state index contributed by atoms with van der Waals surface area (Å²) < 4.78 is 8.73. The summed E-state index contributed by atoms with van der Waals surface area (Å²) in [7, 11) is 0. The van der Waals surface area contributed by atoms with Crippen molar-refractivity contribution in [1.82, 2.24) is 4.57 Å². The smallest absolute Gasteiger partial charge is 0.136 e. The second-order valence-electron chi connectivity index (χ2n) is 17.3. The third kappa shape index (κ3) is 6.67. The van der Waals surface area contributed by atoms with E-state index in [0.29, 0.717) is 0 Å². The molecule has 0 aliphatic carbocycles. The third-order valence-corrected chi connectivity index (χ3v) is 13.4. The van der Waals surface area contributed by atoms with E-state index in [0.717, 1.165) is 61.4 Å². The number of benzene rings is 11. The van der Waals surface area contributed by atoms with Gasteiger partial charge in [-0.1, -0.05) is 182 Å². The molecular formula is C64H42N2O. The van der Waals surface area contributed by atoms with E-state index in [1.165, 1.54) is 60.4 Å². The van der Waals surface area contributed by atoms with Crippen molar-refractivity contribution in [3.63, 3.8) is 0 Å². The normalized spacial score (nSPS) is 11.6. The molecule has 0 bridgehead atoms. The molecule has 0 N–H and O–H groups in total. The number of hydrogen-bond donors (Lipinski definition) is 0. The molecule has 2 aromatic heterocycles. The second kappa shape index (κ2) is 16.0. The van der Waals surface area contributed by atoms with E-state index < -0.39 is 0 Å². The summed E-state index contributed by atoms with van der Waals surface area (Å²) in [6.45, 7) is 0. The van der Waals surface area contributed by atoms with Crippen LogP contribution in [0.2, 0.25) is 0 Å². The zero-order valence-electron chi connectivity index (χ0n) is 36.6. The quantitative estimate of drug-likeness (QED) is 0.152. The van der Waals surface area contributed by atoms with Crippen LogP contribution < -0.4 is 4.90 Å². The summed E-state index contributed by atoms with van der Waals surface area (Å²) in [5.41, 5.74) is 17.9. The minimum absolute atomic E-state index is 0.894. The molecule has 3 heteroatoms. The van der Waals surface area contributed by atoms with E-state index in [-0.39, 0.29) is 0 Å². The summed E-state index contributed by atoms with van der Waals surface area (Å²) in [5, 5.41) is 7.25. The molecular weight excluding hydrogens is 813 g/mol. The van der Waals surface area contributed by atoms with Gasteiger partial charge in [-0.15, -0.1) is 0 Å². The van der Waals surface area contributed by atoms with Crippen LogP contribution in [-0.2, 0) is 0 Å². The topological polar surface area (TPSA) is 21.3 Å². The van der Waals surface area contributed by atoms with Gasteiger partial charge in [0.1, 0.15) is 11.2 Å². The molecule has 0 radical (unpaired) electrons. The highest BCUT2D eigenvalue weighted by atomic mass is 16.3. The summed E-state index contributed by atoms with van der Waals surface area (Å²) in [4.78, 5) is 2.37. The Labute approximate surface area is 388 Å². The molecule has 0 fully saturated rings. The Balaban J connectivity index is 0.935. The highest BCUT2D eigenvalue weighted by molar-refractivity contribution is 6.19. The van der Waals surface area contributed by atoms with Crippen molar-refractivity contribution < 1.29 is 4.42 Å². The fourth-order valence-electron chi connectivity index (χ4n) is 10.2. The van der Waals surface area contributed by atoms with Crippen LogP contribution in [0.25, 0.3) is 105 Å². The van der Waals surface area contributed by atoms with Crippen LogP contribution in [-0.4, -0.2) is 4.57 Å². The summed E-state index contributed by atoms with van der Waals surface area (Å²) in [6.07, 6.45) is 0. The number of fused-ring (bicyclic) bond motifs is 8. The van der Waals surface area contributed by atoms with Crippen LogP contribution in [0.3, 0.4) is 0 Å². The van der Waals surface area contributed by atoms with Gasteiger partial charge in [0.15, 0.2) is 0 Å². The fraction of sp³-hybridized carbons (Fsp3) is 0. The summed E-state index contributed by atoms with van der Waals surface area (Å²) in [6, 6.07) is 92.0. The molecule has 13 rings (SSSR count).